The molecule has 4 aromatic rings. The van der Waals surface area contributed by atoms with E-state index in [1.165, 1.54) is 0 Å². The van der Waals surface area contributed by atoms with Crippen LogP contribution in [-0.2, 0) is 11.3 Å². The molecule has 0 bridgehead atoms. The number of carbonyl (C=O) groups excluding carboxylic acids is 2. The number of amides is 2. The molecule has 9 heteroatoms. The van der Waals surface area contributed by atoms with E-state index in [4.69, 9.17) is 14.6 Å². The van der Waals surface area contributed by atoms with E-state index in [9.17, 15) is 9.59 Å². The van der Waals surface area contributed by atoms with Crippen molar-refractivity contribution in [3.8, 4) is 28.4 Å². The van der Waals surface area contributed by atoms with Crippen LogP contribution in [0.4, 0.5) is 0 Å². The number of aromatic nitrogens is 3. The van der Waals surface area contributed by atoms with Gasteiger partial charge < -0.3 is 20.1 Å². The van der Waals surface area contributed by atoms with E-state index in [1.807, 2.05) is 42.5 Å². The highest BCUT2D eigenvalue weighted by Gasteiger charge is 2.21. The van der Waals surface area contributed by atoms with Crippen LogP contribution in [0.1, 0.15) is 22.3 Å². The van der Waals surface area contributed by atoms with E-state index in [-0.39, 0.29) is 24.8 Å². The van der Waals surface area contributed by atoms with Crippen LogP contribution in [-0.4, -0.2) is 47.3 Å². The van der Waals surface area contributed by atoms with E-state index in [0.29, 0.717) is 34.9 Å². The summed E-state index contributed by atoms with van der Waals surface area (Å²) in [6.45, 7) is 0.581. The Morgan fingerprint density at radius 1 is 0.944 bits per heavy atom. The summed E-state index contributed by atoms with van der Waals surface area (Å²) in [7, 11) is 3.13. The molecule has 0 aliphatic carbocycles. The Morgan fingerprint density at radius 3 is 2.44 bits per heavy atom. The van der Waals surface area contributed by atoms with Crippen molar-refractivity contribution in [1.82, 2.24) is 25.4 Å². The van der Waals surface area contributed by atoms with Gasteiger partial charge in [-0.2, -0.15) is 5.10 Å². The number of carbonyl (C=O) groups is 2. The van der Waals surface area contributed by atoms with E-state index in [0.717, 1.165) is 11.3 Å². The molecule has 0 unspecified atom stereocenters. The quantitative estimate of drug-likeness (QED) is 0.357. The second kappa shape index (κ2) is 11.7. The van der Waals surface area contributed by atoms with Gasteiger partial charge >= 0.3 is 0 Å². The first-order chi connectivity index (χ1) is 17.6. The lowest BCUT2D eigenvalue weighted by atomic mass is 10.1. The van der Waals surface area contributed by atoms with Gasteiger partial charge in [0.1, 0.15) is 17.2 Å². The van der Waals surface area contributed by atoms with Gasteiger partial charge in [0, 0.05) is 49.7 Å². The minimum atomic E-state index is -0.341. The molecule has 2 heterocycles. The fourth-order valence-corrected chi connectivity index (χ4v) is 3.62. The first kappa shape index (κ1) is 24.5. The fraction of sp³-hybridized carbons (Fsp3) is 0.185. The zero-order valence-corrected chi connectivity index (χ0v) is 20.1. The third-order valence-corrected chi connectivity index (χ3v) is 5.52. The highest BCUT2D eigenvalue weighted by atomic mass is 16.5. The summed E-state index contributed by atoms with van der Waals surface area (Å²) in [5, 5.41) is 10.4. The number of ether oxygens (including phenoxy) is 2. The Labute approximate surface area is 209 Å². The highest BCUT2D eigenvalue weighted by molar-refractivity contribution is 6.00. The molecule has 2 aromatic heterocycles. The summed E-state index contributed by atoms with van der Waals surface area (Å²) in [5.74, 6) is 0.648. The Hall–Kier alpha value is -4.66. The predicted octanol–water partition coefficient (Wildman–Crippen LogP) is 3.39. The summed E-state index contributed by atoms with van der Waals surface area (Å²) in [5.41, 5.74) is 3.22. The summed E-state index contributed by atoms with van der Waals surface area (Å²) < 4.78 is 12.5. The molecule has 0 aliphatic heterocycles. The van der Waals surface area contributed by atoms with Crippen molar-refractivity contribution in [2.75, 3.05) is 20.8 Å². The molecule has 2 amide bonds. The largest absolute Gasteiger partial charge is 0.497 e. The maximum Gasteiger partial charge on any atom is 0.255 e. The molecule has 0 aliphatic rings. The molecular weight excluding hydrogens is 458 g/mol. The number of rotatable bonds is 10. The van der Waals surface area contributed by atoms with Crippen LogP contribution in [0.25, 0.3) is 16.9 Å². The van der Waals surface area contributed by atoms with Gasteiger partial charge in [-0.1, -0.05) is 18.2 Å². The smallest absolute Gasteiger partial charge is 0.255 e. The molecule has 0 saturated heterocycles. The van der Waals surface area contributed by atoms with Crippen LogP contribution >= 0.6 is 0 Å². The SMILES string of the molecule is COc1ccc(-c2nn(-c3ccccc3)cc2C(=O)NCCC(=O)NCc2ccncc2)c(OC)c1. The molecule has 2 N–H and O–H groups in total. The molecule has 4 rings (SSSR count). The van der Waals surface area contributed by atoms with Gasteiger partial charge in [-0.05, 0) is 42.0 Å². The number of benzene rings is 2. The Bertz CT molecular complexity index is 1320. The van der Waals surface area contributed by atoms with Crippen LogP contribution in [0.2, 0.25) is 0 Å². The third-order valence-electron chi connectivity index (χ3n) is 5.52. The molecule has 0 spiro atoms. The maximum absolute atomic E-state index is 13.2. The number of para-hydroxylation sites is 1. The number of hydrogen-bond acceptors (Lipinski definition) is 6. The fourth-order valence-electron chi connectivity index (χ4n) is 3.62. The van der Waals surface area contributed by atoms with Gasteiger partial charge in [0.15, 0.2) is 0 Å². The predicted molar refractivity (Wildman–Crippen MR) is 135 cm³/mol. The number of hydrogen-bond donors (Lipinski definition) is 2. The Kier molecular flexibility index (Phi) is 7.92. The van der Waals surface area contributed by atoms with Crippen LogP contribution in [0.3, 0.4) is 0 Å². The van der Waals surface area contributed by atoms with Gasteiger partial charge in [0.05, 0.1) is 25.5 Å². The first-order valence-corrected chi connectivity index (χ1v) is 11.4. The summed E-state index contributed by atoms with van der Waals surface area (Å²) in [6.07, 6.45) is 5.16. The van der Waals surface area contributed by atoms with Crippen LogP contribution < -0.4 is 20.1 Å². The van der Waals surface area contributed by atoms with Crippen LogP contribution in [0.15, 0.2) is 79.3 Å². The van der Waals surface area contributed by atoms with Crippen molar-refractivity contribution in [2.45, 2.75) is 13.0 Å². The Morgan fingerprint density at radius 2 is 1.72 bits per heavy atom. The van der Waals surface area contributed by atoms with Crippen molar-refractivity contribution in [3.63, 3.8) is 0 Å². The standard InChI is InChI=1S/C27H27N5O4/c1-35-21-8-9-22(24(16-21)36-2)26-23(18-32(31-26)20-6-4-3-5-7-20)27(34)29-15-12-25(33)30-17-19-10-13-28-14-11-19/h3-11,13-14,16,18H,12,15,17H2,1-2H3,(H,29,34)(H,30,33). The second-order valence-electron chi connectivity index (χ2n) is 7.88. The highest BCUT2D eigenvalue weighted by Crippen LogP contribution is 2.34. The molecule has 36 heavy (non-hydrogen) atoms. The number of pyridine rings is 1. The summed E-state index contributed by atoms with van der Waals surface area (Å²) in [4.78, 5) is 29.4. The molecule has 0 atom stereocenters. The van der Waals surface area contributed by atoms with E-state index >= 15 is 0 Å². The van der Waals surface area contributed by atoms with Crippen molar-refractivity contribution in [1.29, 1.82) is 0 Å². The number of methoxy groups -OCH3 is 2. The van der Waals surface area contributed by atoms with Crippen molar-refractivity contribution >= 4 is 11.8 Å². The minimum absolute atomic E-state index is 0.144. The molecule has 184 valence electrons. The Balaban J connectivity index is 1.51. The second-order valence-corrected chi connectivity index (χ2v) is 7.88. The van der Waals surface area contributed by atoms with Gasteiger partial charge in [-0.25, -0.2) is 4.68 Å². The molecule has 0 radical (unpaired) electrons. The average Bonchev–Trinajstić information content (AvgIpc) is 3.38. The van der Waals surface area contributed by atoms with E-state index < -0.39 is 0 Å². The zero-order valence-electron chi connectivity index (χ0n) is 20.1. The summed E-state index contributed by atoms with van der Waals surface area (Å²) in [6, 6.07) is 18.5. The van der Waals surface area contributed by atoms with Crippen molar-refractivity contribution in [2.24, 2.45) is 0 Å². The monoisotopic (exact) mass is 485 g/mol. The van der Waals surface area contributed by atoms with Gasteiger partial charge in [-0.15, -0.1) is 0 Å². The molecule has 0 saturated carbocycles. The van der Waals surface area contributed by atoms with Crippen LogP contribution in [0.5, 0.6) is 11.5 Å². The maximum atomic E-state index is 13.2. The first-order valence-electron chi connectivity index (χ1n) is 11.4. The van der Waals surface area contributed by atoms with Gasteiger partial charge in [-0.3, -0.25) is 14.6 Å². The third kappa shape index (κ3) is 5.87. The van der Waals surface area contributed by atoms with Crippen LogP contribution in [0, 0.1) is 0 Å². The topological polar surface area (TPSA) is 107 Å². The minimum Gasteiger partial charge on any atom is -0.497 e. The molecule has 2 aromatic carbocycles. The van der Waals surface area contributed by atoms with Crippen molar-refractivity contribution < 1.29 is 19.1 Å². The average molecular weight is 486 g/mol. The lowest BCUT2D eigenvalue weighted by Crippen LogP contribution is -2.30. The molecular formula is C27H27N5O4. The normalized spacial score (nSPS) is 10.5. The van der Waals surface area contributed by atoms with Gasteiger partial charge in [0.2, 0.25) is 5.91 Å². The number of nitrogens with zero attached hydrogens (tertiary/aromatic N) is 3. The van der Waals surface area contributed by atoms with Gasteiger partial charge in [0.25, 0.3) is 5.91 Å². The molecule has 0 fully saturated rings. The molecule has 9 nitrogen and oxygen atoms in total. The zero-order chi connectivity index (χ0) is 25.3. The van der Waals surface area contributed by atoms with E-state index in [1.54, 1.807) is 55.7 Å². The van der Waals surface area contributed by atoms with E-state index in [2.05, 4.69) is 15.6 Å². The lowest BCUT2D eigenvalue weighted by Gasteiger charge is -2.10. The number of nitrogens with one attached hydrogen (secondary N) is 2. The lowest BCUT2D eigenvalue weighted by molar-refractivity contribution is -0.121. The summed E-state index contributed by atoms with van der Waals surface area (Å²) >= 11 is 0. The van der Waals surface area contributed by atoms with Crippen molar-refractivity contribution in [3.05, 3.63) is 90.4 Å².